The molecule has 0 rings (SSSR count). The predicted molar refractivity (Wildman–Crippen MR) is 91.4 cm³/mol. The third-order valence-electron chi connectivity index (χ3n) is 3.18. The van der Waals surface area contributed by atoms with Crippen LogP contribution in [0.2, 0.25) is 0 Å². The van der Waals surface area contributed by atoms with Gasteiger partial charge in [-0.2, -0.15) is 0 Å². The summed E-state index contributed by atoms with van der Waals surface area (Å²) in [5.74, 6) is 1.33. The first kappa shape index (κ1) is 20.3. The van der Waals surface area contributed by atoms with Gasteiger partial charge in [0, 0.05) is 19.1 Å². The molecule has 0 fully saturated rings. The van der Waals surface area contributed by atoms with Crippen molar-refractivity contribution in [2.75, 3.05) is 12.9 Å². The summed E-state index contributed by atoms with van der Waals surface area (Å²) in [7, 11) is 1.67. The second-order valence-corrected chi connectivity index (χ2v) is 6.40. The molecule has 1 atom stereocenters. The quantitative estimate of drug-likeness (QED) is 0.310. The van der Waals surface area contributed by atoms with Gasteiger partial charge in [0.2, 0.25) is 0 Å². The second-order valence-electron chi connectivity index (χ2n) is 5.20. The van der Waals surface area contributed by atoms with Crippen LogP contribution in [0.3, 0.4) is 0 Å². The van der Waals surface area contributed by atoms with Gasteiger partial charge in [0.15, 0.2) is 5.12 Å². The highest BCUT2D eigenvalue weighted by molar-refractivity contribution is 8.13. The Hall–Kier alpha value is -0.740. The molecule has 0 heterocycles. The van der Waals surface area contributed by atoms with E-state index in [4.69, 9.17) is 4.74 Å². The SMILES string of the molecule is C=C(CCCCCCCC/C=C/[C@@H](O)CSC(C)=O)OC. The molecule has 122 valence electrons. The maximum atomic E-state index is 10.7. The van der Waals surface area contributed by atoms with E-state index in [2.05, 4.69) is 6.58 Å². The average molecular weight is 314 g/mol. The molecule has 0 radical (unpaired) electrons. The third kappa shape index (κ3) is 15.5. The number of aliphatic hydroxyl groups excluding tert-OH is 1. The van der Waals surface area contributed by atoms with Gasteiger partial charge < -0.3 is 9.84 Å². The van der Waals surface area contributed by atoms with Gasteiger partial charge >= 0.3 is 0 Å². The highest BCUT2D eigenvalue weighted by Gasteiger charge is 2.01. The number of methoxy groups -OCH3 is 1. The van der Waals surface area contributed by atoms with E-state index in [0.29, 0.717) is 5.75 Å². The highest BCUT2D eigenvalue weighted by atomic mass is 32.2. The summed E-state index contributed by atoms with van der Waals surface area (Å²) in [6, 6.07) is 0. The molecule has 0 aromatic rings. The zero-order valence-corrected chi connectivity index (χ0v) is 14.3. The monoisotopic (exact) mass is 314 g/mol. The Labute approximate surface area is 133 Å². The molecule has 0 saturated heterocycles. The molecule has 1 N–H and O–H groups in total. The Balaban J connectivity index is 3.31. The molecule has 21 heavy (non-hydrogen) atoms. The Morgan fingerprint density at radius 3 is 2.48 bits per heavy atom. The number of allylic oxidation sites excluding steroid dienone is 2. The third-order valence-corrected chi connectivity index (χ3v) is 4.10. The Morgan fingerprint density at radius 2 is 1.86 bits per heavy atom. The average Bonchev–Trinajstić information content (AvgIpc) is 2.46. The van der Waals surface area contributed by atoms with Crippen molar-refractivity contribution in [1.29, 1.82) is 0 Å². The molecule has 0 aliphatic heterocycles. The number of hydrogen-bond donors (Lipinski definition) is 1. The van der Waals surface area contributed by atoms with Gasteiger partial charge in [0.25, 0.3) is 0 Å². The molecule has 0 aromatic heterocycles. The standard InChI is InChI=1S/C17H30O3S/c1-15(20-3)12-10-8-6-4-5-7-9-11-13-17(19)14-21-16(2)18/h11,13,17,19H,1,4-10,12,14H2,2-3H3/b13-11+/t17-/m1/s1. The molecule has 0 bridgehead atoms. The fourth-order valence-corrected chi connectivity index (χ4v) is 2.42. The maximum absolute atomic E-state index is 10.7. The second kappa shape index (κ2) is 14.2. The van der Waals surface area contributed by atoms with E-state index in [1.807, 2.05) is 6.08 Å². The van der Waals surface area contributed by atoms with Crippen LogP contribution in [0.25, 0.3) is 0 Å². The normalized spacial score (nSPS) is 12.5. The van der Waals surface area contributed by atoms with Crippen molar-refractivity contribution in [1.82, 2.24) is 0 Å². The van der Waals surface area contributed by atoms with Crippen molar-refractivity contribution in [2.24, 2.45) is 0 Å². The minimum absolute atomic E-state index is 0.0523. The highest BCUT2D eigenvalue weighted by Crippen LogP contribution is 2.12. The number of hydrogen-bond acceptors (Lipinski definition) is 4. The van der Waals surface area contributed by atoms with E-state index in [9.17, 15) is 9.90 Å². The van der Waals surface area contributed by atoms with Crippen LogP contribution in [-0.4, -0.2) is 29.2 Å². The van der Waals surface area contributed by atoms with Crippen LogP contribution in [0, 0.1) is 0 Å². The molecule has 0 aliphatic rings. The molecule has 0 aromatic carbocycles. The molecular weight excluding hydrogens is 284 g/mol. The molecule has 0 unspecified atom stereocenters. The minimum atomic E-state index is -0.507. The summed E-state index contributed by atoms with van der Waals surface area (Å²) >= 11 is 1.17. The Morgan fingerprint density at radius 1 is 1.24 bits per heavy atom. The topological polar surface area (TPSA) is 46.5 Å². The van der Waals surface area contributed by atoms with Crippen molar-refractivity contribution >= 4 is 16.9 Å². The van der Waals surface area contributed by atoms with Crippen LogP contribution in [0.1, 0.15) is 58.3 Å². The number of ether oxygens (including phenoxy) is 1. The van der Waals surface area contributed by atoms with Crippen LogP contribution < -0.4 is 0 Å². The van der Waals surface area contributed by atoms with Gasteiger partial charge in [-0.25, -0.2) is 0 Å². The molecule has 0 aliphatic carbocycles. The van der Waals surface area contributed by atoms with Crippen molar-refractivity contribution in [3.05, 3.63) is 24.5 Å². The fourth-order valence-electron chi connectivity index (χ4n) is 1.91. The van der Waals surface area contributed by atoms with Gasteiger partial charge in [0.05, 0.1) is 19.0 Å². The van der Waals surface area contributed by atoms with Crippen LogP contribution in [-0.2, 0) is 9.53 Å². The van der Waals surface area contributed by atoms with Crippen molar-refractivity contribution < 1.29 is 14.6 Å². The van der Waals surface area contributed by atoms with Crippen LogP contribution in [0.15, 0.2) is 24.5 Å². The number of carbonyl (C=O) groups is 1. The van der Waals surface area contributed by atoms with Crippen molar-refractivity contribution in [3.8, 4) is 0 Å². The smallest absolute Gasteiger partial charge is 0.185 e. The van der Waals surface area contributed by atoms with Gasteiger partial charge in [-0.05, 0) is 19.3 Å². The molecule has 0 saturated carbocycles. The van der Waals surface area contributed by atoms with Crippen molar-refractivity contribution in [2.45, 2.75) is 64.4 Å². The number of aliphatic hydroxyl groups is 1. The molecule has 3 nitrogen and oxygen atoms in total. The Kier molecular flexibility index (Phi) is 13.7. The number of rotatable bonds is 13. The van der Waals surface area contributed by atoms with Gasteiger partial charge in [-0.3, -0.25) is 4.79 Å². The van der Waals surface area contributed by atoms with E-state index < -0.39 is 6.10 Å². The van der Waals surface area contributed by atoms with E-state index >= 15 is 0 Å². The molecule has 4 heteroatoms. The van der Waals surface area contributed by atoms with Crippen LogP contribution in [0.5, 0.6) is 0 Å². The molecule has 0 amide bonds. The summed E-state index contributed by atoms with van der Waals surface area (Å²) in [6.45, 7) is 5.33. The molecular formula is C17H30O3S. The van der Waals surface area contributed by atoms with E-state index in [1.54, 1.807) is 13.2 Å². The Bertz CT molecular complexity index is 313. The largest absolute Gasteiger partial charge is 0.502 e. The summed E-state index contributed by atoms with van der Waals surface area (Å²) in [5.41, 5.74) is 0. The lowest BCUT2D eigenvalue weighted by atomic mass is 10.1. The van der Waals surface area contributed by atoms with E-state index in [0.717, 1.165) is 31.4 Å². The molecule has 0 spiro atoms. The lowest BCUT2D eigenvalue weighted by Gasteiger charge is -2.04. The number of carbonyl (C=O) groups excluding carboxylic acids is 1. The fraction of sp³-hybridized carbons (Fsp3) is 0.706. The first-order chi connectivity index (χ1) is 10.1. The summed E-state index contributed by atoms with van der Waals surface area (Å²) in [6.07, 6.45) is 12.6. The lowest BCUT2D eigenvalue weighted by molar-refractivity contribution is -0.109. The zero-order valence-electron chi connectivity index (χ0n) is 13.5. The first-order valence-electron chi connectivity index (χ1n) is 7.76. The van der Waals surface area contributed by atoms with Gasteiger partial charge in [-0.15, -0.1) is 0 Å². The summed E-state index contributed by atoms with van der Waals surface area (Å²) in [4.78, 5) is 10.7. The van der Waals surface area contributed by atoms with Crippen molar-refractivity contribution in [3.63, 3.8) is 0 Å². The number of thioether (sulfide) groups is 1. The van der Waals surface area contributed by atoms with E-state index in [1.165, 1.54) is 44.4 Å². The van der Waals surface area contributed by atoms with Gasteiger partial charge in [0.1, 0.15) is 0 Å². The maximum Gasteiger partial charge on any atom is 0.185 e. The van der Waals surface area contributed by atoms with E-state index in [-0.39, 0.29) is 5.12 Å². The number of unbranched alkanes of at least 4 members (excludes halogenated alkanes) is 6. The van der Waals surface area contributed by atoms with Gasteiger partial charge in [-0.1, -0.05) is 56.2 Å². The predicted octanol–water partition coefficient (Wildman–Crippen LogP) is 4.46. The van der Waals surface area contributed by atoms with Crippen LogP contribution >= 0.6 is 11.8 Å². The lowest BCUT2D eigenvalue weighted by Crippen LogP contribution is -2.06. The summed E-state index contributed by atoms with van der Waals surface area (Å²) in [5, 5.41) is 9.64. The van der Waals surface area contributed by atoms with Crippen LogP contribution in [0.4, 0.5) is 0 Å². The first-order valence-corrected chi connectivity index (χ1v) is 8.74. The zero-order chi connectivity index (χ0) is 15.9. The summed E-state index contributed by atoms with van der Waals surface area (Å²) < 4.78 is 5.03. The minimum Gasteiger partial charge on any atom is -0.502 e.